The molecule has 0 amide bonds. The molecule has 1 aromatic carbocycles. The largest absolute Gasteiger partial charge is 0.480 e. The fourth-order valence-electron chi connectivity index (χ4n) is 3.00. The average Bonchev–Trinajstić information content (AvgIpc) is 3.19. The molecule has 0 spiro atoms. The third kappa shape index (κ3) is 4.59. The van der Waals surface area contributed by atoms with Gasteiger partial charge in [0.25, 0.3) is 10.0 Å². The maximum atomic E-state index is 14.1. The van der Waals surface area contributed by atoms with Crippen LogP contribution in [0.25, 0.3) is 16.8 Å². The van der Waals surface area contributed by atoms with Gasteiger partial charge < -0.3 is 4.74 Å². The number of sulfonamides is 1. The molecule has 1 N–H and O–H groups in total. The van der Waals surface area contributed by atoms with Crippen LogP contribution in [0, 0.1) is 23.5 Å². The van der Waals surface area contributed by atoms with Gasteiger partial charge in [-0.3, -0.25) is 9.12 Å². The molecule has 0 saturated heterocycles. The monoisotopic (exact) mass is 487 g/mol. The number of pyridine rings is 2. The van der Waals surface area contributed by atoms with Crippen molar-refractivity contribution in [1.29, 1.82) is 0 Å². The van der Waals surface area contributed by atoms with Crippen LogP contribution in [0.3, 0.4) is 0 Å². The minimum absolute atomic E-state index is 0.0299. The summed E-state index contributed by atoms with van der Waals surface area (Å²) in [6, 6.07) is 7.13. The van der Waals surface area contributed by atoms with Gasteiger partial charge in [-0.1, -0.05) is 5.92 Å². The Morgan fingerprint density at radius 1 is 1.15 bits per heavy atom. The molecule has 0 aliphatic rings. The third-order valence-corrected chi connectivity index (χ3v) is 6.04. The number of hydrogen-bond donors (Lipinski definition) is 2. The number of thiol groups is 1. The summed E-state index contributed by atoms with van der Waals surface area (Å²) in [5, 5.41) is 8.07. The number of ether oxygens (including phenoxy) is 1. The Labute approximate surface area is 193 Å². The molecule has 0 aliphatic heterocycles. The summed E-state index contributed by atoms with van der Waals surface area (Å²) >= 11 is 4.06. The van der Waals surface area contributed by atoms with E-state index in [9.17, 15) is 17.2 Å². The number of benzene rings is 1. The second-order valence-corrected chi connectivity index (χ2v) is 8.56. The zero-order valence-electron chi connectivity index (χ0n) is 17.0. The zero-order chi connectivity index (χ0) is 23.6. The molecule has 0 fully saturated rings. The van der Waals surface area contributed by atoms with Gasteiger partial charge in [0.15, 0.2) is 5.65 Å². The normalized spacial score (nSPS) is 11.2. The summed E-state index contributed by atoms with van der Waals surface area (Å²) in [7, 11) is -3.08. The number of aromatic nitrogens is 4. The Kier molecular flexibility index (Phi) is 6.17. The maximum absolute atomic E-state index is 14.1. The molecule has 4 rings (SSSR count). The van der Waals surface area contributed by atoms with Crippen LogP contribution in [0.4, 0.5) is 14.5 Å². The van der Waals surface area contributed by atoms with Crippen molar-refractivity contribution in [3.05, 3.63) is 66.3 Å². The predicted octanol–water partition coefficient (Wildman–Crippen LogP) is 3.16. The summed E-state index contributed by atoms with van der Waals surface area (Å²) in [6.45, 7) is 0. The number of fused-ring (bicyclic) bond motifs is 1. The van der Waals surface area contributed by atoms with Crippen molar-refractivity contribution in [2.45, 2.75) is 4.90 Å². The van der Waals surface area contributed by atoms with E-state index in [-0.39, 0.29) is 11.6 Å². The number of rotatable bonds is 5. The van der Waals surface area contributed by atoms with E-state index < -0.39 is 26.6 Å². The summed E-state index contributed by atoms with van der Waals surface area (Å²) in [5.41, 5.74) is 1.71. The Morgan fingerprint density at radius 3 is 2.70 bits per heavy atom. The Bertz CT molecular complexity index is 1530. The van der Waals surface area contributed by atoms with Gasteiger partial charge in [0.05, 0.1) is 12.9 Å². The van der Waals surface area contributed by atoms with Crippen molar-refractivity contribution >= 4 is 34.0 Å². The molecular formula is C21H15F2N5O3S2. The van der Waals surface area contributed by atoms with E-state index in [1.165, 1.54) is 19.4 Å². The average molecular weight is 488 g/mol. The van der Waals surface area contributed by atoms with E-state index >= 15 is 0 Å². The van der Waals surface area contributed by atoms with E-state index in [2.05, 4.69) is 44.4 Å². The lowest BCUT2D eigenvalue weighted by molar-refractivity contribution is 0.400. The van der Waals surface area contributed by atoms with E-state index in [1.807, 2.05) is 0 Å². The molecule has 168 valence electrons. The highest BCUT2D eigenvalue weighted by molar-refractivity contribution is 7.92. The lowest BCUT2D eigenvalue weighted by Gasteiger charge is -2.13. The highest BCUT2D eigenvalue weighted by Gasteiger charge is 2.22. The van der Waals surface area contributed by atoms with Crippen LogP contribution >= 0.6 is 12.6 Å². The first-order valence-electron chi connectivity index (χ1n) is 9.29. The summed E-state index contributed by atoms with van der Waals surface area (Å²) in [4.78, 5) is 3.43. The maximum Gasteiger partial charge on any atom is 0.264 e. The third-order valence-electron chi connectivity index (χ3n) is 4.49. The van der Waals surface area contributed by atoms with Gasteiger partial charge in [-0.25, -0.2) is 22.2 Å². The van der Waals surface area contributed by atoms with Gasteiger partial charge in [-0.2, -0.15) is 12.6 Å². The molecule has 3 heterocycles. The second-order valence-electron chi connectivity index (χ2n) is 6.59. The molecule has 0 radical (unpaired) electrons. The van der Waals surface area contributed by atoms with E-state index in [1.54, 1.807) is 22.7 Å². The van der Waals surface area contributed by atoms with Crippen LogP contribution in [-0.2, 0) is 10.0 Å². The molecule has 0 bridgehead atoms. The lowest BCUT2D eigenvalue weighted by atomic mass is 10.1. The van der Waals surface area contributed by atoms with Gasteiger partial charge in [0, 0.05) is 29.6 Å². The summed E-state index contributed by atoms with van der Waals surface area (Å²) < 4.78 is 61.8. The minimum Gasteiger partial charge on any atom is -0.480 e. The van der Waals surface area contributed by atoms with Crippen molar-refractivity contribution in [1.82, 2.24) is 19.6 Å². The molecule has 12 heteroatoms. The van der Waals surface area contributed by atoms with Crippen LogP contribution in [0.5, 0.6) is 5.88 Å². The van der Waals surface area contributed by atoms with Gasteiger partial charge in [0.1, 0.15) is 22.2 Å². The van der Waals surface area contributed by atoms with Crippen LogP contribution in [0.2, 0.25) is 0 Å². The van der Waals surface area contributed by atoms with Crippen LogP contribution in [0.1, 0.15) is 5.82 Å². The van der Waals surface area contributed by atoms with Crippen molar-refractivity contribution in [2.75, 3.05) is 17.6 Å². The van der Waals surface area contributed by atoms with Gasteiger partial charge in [-0.05, 0) is 36.3 Å². The molecule has 3 aromatic heterocycles. The van der Waals surface area contributed by atoms with Gasteiger partial charge >= 0.3 is 0 Å². The quantitative estimate of drug-likeness (QED) is 0.332. The highest BCUT2D eigenvalue weighted by atomic mass is 32.2. The van der Waals surface area contributed by atoms with E-state index in [4.69, 9.17) is 4.74 Å². The molecule has 0 atom stereocenters. The zero-order valence-corrected chi connectivity index (χ0v) is 18.7. The first-order chi connectivity index (χ1) is 15.8. The van der Waals surface area contributed by atoms with Crippen molar-refractivity contribution in [3.8, 4) is 28.8 Å². The first-order valence-corrected chi connectivity index (χ1v) is 11.4. The van der Waals surface area contributed by atoms with Crippen LogP contribution in [0.15, 0.2) is 53.7 Å². The smallest absolute Gasteiger partial charge is 0.264 e. The Balaban J connectivity index is 1.76. The number of methoxy groups -OCH3 is 1. The Morgan fingerprint density at radius 2 is 1.97 bits per heavy atom. The topological polar surface area (TPSA) is 98.5 Å². The first kappa shape index (κ1) is 22.5. The molecule has 8 nitrogen and oxygen atoms in total. The molecule has 33 heavy (non-hydrogen) atoms. The van der Waals surface area contributed by atoms with E-state index in [0.717, 1.165) is 12.1 Å². The fourth-order valence-corrected chi connectivity index (χ4v) is 4.19. The number of halogens is 2. The van der Waals surface area contributed by atoms with Gasteiger partial charge in [-0.15, -0.1) is 10.2 Å². The highest BCUT2D eigenvalue weighted by Crippen LogP contribution is 2.31. The van der Waals surface area contributed by atoms with Gasteiger partial charge in [0.2, 0.25) is 11.7 Å². The van der Waals surface area contributed by atoms with Crippen LogP contribution in [-0.4, -0.2) is 40.9 Å². The SMILES string of the molecule is COc1ncc(-c2ccc3nnc(C#CCS)n3c2)cc1NS(=O)(=O)c1ccc(F)cc1F. The van der Waals surface area contributed by atoms with Crippen molar-refractivity contribution in [3.63, 3.8) is 0 Å². The lowest BCUT2D eigenvalue weighted by Crippen LogP contribution is -2.15. The number of nitrogens with one attached hydrogen (secondary N) is 1. The number of hydrogen-bond acceptors (Lipinski definition) is 7. The molecule has 0 unspecified atom stereocenters. The van der Waals surface area contributed by atoms with E-state index in [0.29, 0.717) is 34.4 Å². The molecule has 0 saturated carbocycles. The van der Waals surface area contributed by atoms with Crippen LogP contribution < -0.4 is 9.46 Å². The fraction of sp³-hybridized carbons (Fsp3) is 0.0952. The summed E-state index contributed by atoms with van der Waals surface area (Å²) in [6.07, 6.45) is 3.21. The summed E-state index contributed by atoms with van der Waals surface area (Å²) in [5.74, 6) is 4.28. The number of nitrogens with zero attached hydrogens (tertiary/aromatic N) is 4. The molecular weight excluding hydrogens is 472 g/mol. The standard InChI is InChI=1S/C21H15F2N5O3S2/c1-31-21-17(27-33(29,30)18-6-5-15(22)10-16(18)23)9-14(11-24-21)13-4-7-20-26-25-19(3-2-8-32)28(20)12-13/h4-7,9-12,27,32H,8H2,1H3. The second kappa shape index (κ2) is 9.05. The Hall–Kier alpha value is -3.69. The molecule has 4 aromatic rings. The van der Waals surface area contributed by atoms with Crippen molar-refractivity contribution in [2.24, 2.45) is 0 Å². The predicted molar refractivity (Wildman–Crippen MR) is 121 cm³/mol. The molecule has 0 aliphatic carbocycles. The number of anilines is 1. The van der Waals surface area contributed by atoms with Crippen molar-refractivity contribution < 1.29 is 21.9 Å². The minimum atomic E-state index is -4.40.